The number of nitrogens with zero attached hydrogens (tertiary/aromatic N) is 1. The Bertz CT molecular complexity index is 417. The SMILES string of the molecule is NCCCCC(NC(=O)CN)C(=O)N1C[C@H](O)C[C@H]1C(=O)O. The predicted molar refractivity (Wildman–Crippen MR) is 77.7 cm³/mol. The van der Waals surface area contributed by atoms with Crippen LogP contribution in [0.15, 0.2) is 0 Å². The second-order valence-electron chi connectivity index (χ2n) is 5.34. The summed E-state index contributed by atoms with van der Waals surface area (Å²) in [6.07, 6.45) is 0.765. The molecule has 0 saturated carbocycles. The summed E-state index contributed by atoms with van der Waals surface area (Å²) in [7, 11) is 0. The standard InChI is InChI=1S/C13H24N4O5/c14-4-2-1-3-9(16-11(19)6-15)12(20)17-7-8(18)5-10(17)13(21)22/h8-10,18H,1-7,14-15H2,(H,16,19)(H,21,22)/t8-,9?,10+/m1/s1. The van der Waals surface area contributed by atoms with Crippen molar-refractivity contribution in [3.05, 3.63) is 0 Å². The first kappa shape index (κ1) is 18.3. The first-order valence-corrected chi connectivity index (χ1v) is 7.31. The van der Waals surface area contributed by atoms with Crippen molar-refractivity contribution in [1.82, 2.24) is 10.2 Å². The molecule has 22 heavy (non-hydrogen) atoms. The Morgan fingerprint density at radius 2 is 1.95 bits per heavy atom. The molecule has 9 nitrogen and oxygen atoms in total. The first-order chi connectivity index (χ1) is 10.4. The van der Waals surface area contributed by atoms with Gasteiger partial charge in [-0.1, -0.05) is 0 Å². The zero-order valence-corrected chi connectivity index (χ0v) is 12.4. The van der Waals surface area contributed by atoms with Crippen molar-refractivity contribution in [1.29, 1.82) is 0 Å². The molecule has 1 heterocycles. The molecule has 0 aromatic heterocycles. The number of carbonyl (C=O) groups is 3. The third-order valence-corrected chi connectivity index (χ3v) is 3.61. The minimum absolute atomic E-state index is 0.0125. The third-order valence-electron chi connectivity index (χ3n) is 3.61. The van der Waals surface area contributed by atoms with E-state index in [1.54, 1.807) is 0 Å². The Morgan fingerprint density at radius 3 is 2.50 bits per heavy atom. The van der Waals surface area contributed by atoms with E-state index in [4.69, 9.17) is 16.6 Å². The molecule has 0 aliphatic carbocycles. The minimum Gasteiger partial charge on any atom is -0.480 e. The average Bonchev–Trinajstić information content (AvgIpc) is 2.87. The van der Waals surface area contributed by atoms with Crippen LogP contribution in [0.4, 0.5) is 0 Å². The molecule has 1 aliphatic rings. The fourth-order valence-electron chi connectivity index (χ4n) is 2.50. The molecule has 1 aliphatic heterocycles. The maximum absolute atomic E-state index is 12.5. The van der Waals surface area contributed by atoms with Crippen molar-refractivity contribution >= 4 is 17.8 Å². The number of nitrogens with two attached hydrogens (primary N) is 2. The van der Waals surface area contributed by atoms with Crippen LogP contribution in [0.1, 0.15) is 25.7 Å². The van der Waals surface area contributed by atoms with E-state index >= 15 is 0 Å². The van der Waals surface area contributed by atoms with E-state index in [1.165, 1.54) is 0 Å². The number of rotatable bonds is 8. The minimum atomic E-state index is -1.17. The first-order valence-electron chi connectivity index (χ1n) is 7.31. The van der Waals surface area contributed by atoms with Crippen LogP contribution in [-0.2, 0) is 14.4 Å². The summed E-state index contributed by atoms with van der Waals surface area (Å²) in [5.41, 5.74) is 10.6. The van der Waals surface area contributed by atoms with Gasteiger partial charge in [0, 0.05) is 13.0 Å². The fraction of sp³-hybridized carbons (Fsp3) is 0.769. The highest BCUT2D eigenvalue weighted by Crippen LogP contribution is 2.20. The molecule has 0 spiro atoms. The molecule has 2 amide bonds. The Hall–Kier alpha value is -1.71. The molecule has 1 saturated heterocycles. The van der Waals surface area contributed by atoms with Gasteiger partial charge in [-0.2, -0.15) is 0 Å². The van der Waals surface area contributed by atoms with E-state index in [0.29, 0.717) is 25.8 Å². The molecular formula is C13H24N4O5. The largest absolute Gasteiger partial charge is 0.480 e. The van der Waals surface area contributed by atoms with Crippen LogP contribution in [0, 0.1) is 0 Å². The lowest BCUT2D eigenvalue weighted by Gasteiger charge is -2.27. The number of aliphatic carboxylic acids is 1. The molecular weight excluding hydrogens is 292 g/mol. The van der Waals surface area contributed by atoms with Gasteiger partial charge in [-0.05, 0) is 25.8 Å². The maximum atomic E-state index is 12.5. The number of nitrogens with one attached hydrogen (secondary N) is 1. The molecule has 3 atom stereocenters. The summed E-state index contributed by atoms with van der Waals surface area (Å²) < 4.78 is 0. The van der Waals surface area contributed by atoms with E-state index in [9.17, 15) is 19.5 Å². The van der Waals surface area contributed by atoms with Crippen LogP contribution in [0.5, 0.6) is 0 Å². The van der Waals surface area contributed by atoms with Gasteiger partial charge in [0.15, 0.2) is 0 Å². The summed E-state index contributed by atoms with van der Waals surface area (Å²) >= 11 is 0. The number of amides is 2. The molecule has 0 aromatic rings. The van der Waals surface area contributed by atoms with Crippen molar-refractivity contribution < 1.29 is 24.6 Å². The molecule has 1 unspecified atom stereocenters. The van der Waals surface area contributed by atoms with Crippen molar-refractivity contribution in [2.24, 2.45) is 11.5 Å². The number of aliphatic hydroxyl groups is 1. The molecule has 126 valence electrons. The van der Waals surface area contributed by atoms with Crippen LogP contribution < -0.4 is 16.8 Å². The summed E-state index contributed by atoms with van der Waals surface area (Å²) in [6, 6.07) is -1.93. The fourth-order valence-corrected chi connectivity index (χ4v) is 2.50. The van der Waals surface area contributed by atoms with Gasteiger partial charge >= 0.3 is 5.97 Å². The number of carboxylic acids is 1. The summed E-state index contributed by atoms with van der Waals surface area (Å²) in [4.78, 5) is 36.3. The molecule has 1 rings (SSSR count). The van der Waals surface area contributed by atoms with Gasteiger partial charge in [0.05, 0.1) is 12.6 Å². The van der Waals surface area contributed by atoms with Gasteiger partial charge in [-0.3, -0.25) is 9.59 Å². The molecule has 0 radical (unpaired) electrons. The number of carbonyl (C=O) groups excluding carboxylic acids is 2. The van der Waals surface area contributed by atoms with Crippen molar-refractivity contribution in [3.8, 4) is 0 Å². The van der Waals surface area contributed by atoms with Gasteiger partial charge in [0.25, 0.3) is 0 Å². The monoisotopic (exact) mass is 316 g/mol. The Kier molecular flexibility index (Phi) is 7.22. The average molecular weight is 316 g/mol. The van der Waals surface area contributed by atoms with Crippen molar-refractivity contribution in [2.75, 3.05) is 19.6 Å². The molecule has 7 N–H and O–H groups in total. The molecule has 1 fully saturated rings. The van der Waals surface area contributed by atoms with E-state index in [-0.39, 0.29) is 19.5 Å². The van der Waals surface area contributed by atoms with Crippen LogP contribution in [0.3, 0.4) is 0 Å². The van der Waals surface area contributed by atoms with Gasteiger partial charge in [0.2, 0.25) is 11.8 Å². The van der Waals surface area contributed by atoms with Gasteiger partial charge in [-0.25, -0.2) is 4.79 Å². The lowest BCUT2D eigenvalue weighted by Crippen LogP contribution is -2.52. The van der Waals surface area contributed by atoms with Gasteiger partial charge in [0.1, 0.15) is 12.1 Å². The zero-order chi connectivity index (χ0) is 16.7. The summed E-state index contributed by atoms with van der Waals surface area (Å²) in [6.45, 7) is 0.152. The number of β-amino-alcohol motifs (C(OH)–C–C–N with tert-alkyl or cyclic N) is 1. The Morgan fingerprint density at radius 1 is 1.27 bits per heavy atom. The smallest absolute Gasteiger partial charge is 0.326 e. The number of unbranched alkanes of at least 4 members (excludes halogenated alkanes) is 1. The second kappa shape index (κ2) is 8.66. The second-order valence-corrected chi connectivity index (χ2v) is 5.34. The third kappa shape index (κ3) is 4.93. The number of carboxylic acid groups (broad SMARTS) is 1. The quantitative estimate of drug-likeness (QED) is 0.312. The highest BCUT2D eigenvalue weighted by atomic mass is 16.4. The summed E-state index contributed by atoms with van der Waals surface area (Å²) in [5.74, 6) is -2.17. The Labute approximate surface area is 128 Å². The number of hydrogen-bond acceptors (Lipinski definition) is 6. The van der Waals surface area contributed by atoms with E-state index in [2.05, 4.69) is 5.32 Å². The van der Waals surface area contributed by atoms with Crippen LogP contribution in [-0.4, -0.2) is 70.7 Å². The lowest BCUT2D eigenvalue weighted by atomic mass is 10.1. The maximum Gasteiger partial charge on any atom is 0.326 e. The van der Waals surface area contributed by atoms with Crippen molar-refractivity contribution in [3.63, 3.8) is 0 Å². The van der Waals surface area contributed by atoms with Crippen LogP contribution >= 0.6 is 0 Å². The molecule has 9 heteroatoms. The number of likely N-dealkylation sites (tertiary alicyclic amines) is 1. The highest BCUT2D eigenvalue weighted by molar-refractivity contribution is 5.91. The topological polar surface area (TPSA) is 159 Å². The highest BCUT2D eigenvalue weighted by Gasteiger charge is 2.41. The lowest BCUT2D eigenvalue weighted by molar-refractivity contribution is -0.149. The van der Waals surface area contributed by atoms with Crippen molar-refractivity contribution in [2.45, 2.75) is 43.9 Å². The molecule has 0 aromatic carbocycles. The number of hydrogen-bond donors (Lipinski definition) is 5. The Balaban J connectivity index is 2.79. The van der Waals surface area contributed by atoms with E-state index < -0.39 is 36.0 Å². The number of aliphatic hydroxyl groups excluding tert-OH is 1. The van der Waals surface area contributed by atoms with Gasteiger partial charge < -0.3 is 31.9 Å². The summed E-state index contributed by atoms with van der Waals surface area (Å²) in [5, 5.41) is 21.3. The van der Waals surface area contributed by atoms with Crippen LogP contribution in [0.25, 0.3) is 0 Å². The van der Waals surface area contributed by atoms with Crippen LogP contribution in [0.2, 0.25) is 0 Å². The molecule has 0 bridgehead atoms. The van der Waals surface area contributed by atoms with E-state index in [1.807, 2.05) is 0 Å². The van der Waals surface area contributed by atoms with E-state index in [0.717, 1.165) is 4.90 Å². The zero-order valence-electron chi connectivity index (χ0n) is 12.4. The normalized spacial score (nSPS) is 22.4. The predicted octanol–water partition coefficient (Wildman–Crippen LogP) is -2.39. The van der Waals surface area contributed by atoms with Gasteiger partial charge in [-0.15, -0.1) is 0 Å².